The highest BCUT2D eigenvalue weighted by molar-refractivity contribution is 5.87. The van der Waals surface area contributed by atoms with E-state index in [2.05, 4.69) is 0 Å². The minimum atomic E-state index is -1.38. The number of benzene rings is 2. The van der Waals surface area contributed by atoms with Crippen molar-refractivity contribution in [3.05, 3.63) is 65.0 Å². The molecule has 0 amide bonds. The van der Waals surface area contributed by atoms with Crippen LogP contribution in [0, 0.1) is 17.5 Å². The first-order valence-corrected chi connectivity index (χ1v) is 5.57. The summed E-state index contributed by atoms with van der Waals surface area (Å²) in [4.78, 5) is 10.6. The van der Waals surface area contributed by atoms with Gasteiger partial charge in [0.25, 0.3) is 0 Å². The van der Waals surface area contributed by atoms with E-state index in [9.17, 15) is 18.0 Å². The second-order valence-electron chi connectivity index (χ2n) is 3.98. The first kappa shape index (κ1) is 13.9. The molecule has 0 saturated carbocycles. The summed E-state index contributed by atoms with van der Waals surface area (Å²) in [7, 11) is 0. The lowest BCUT2D eigenvalue weighted by Gasteiger charge is -2.08. The fourth-order valence-corrected chi connectivity index (χ4v) is 1.57. The van der Waals surface area contributed by atoms with E-state index in [1.54, 1.807) is 0 Å². The SMILES string of the molecule is O=C(O)c1ccc(COc2cc(F)ccc2F)cc1F. The second kappa shape index (κ2) is 5.64. The molecule has 0 aliphatic carbocycles. The third-order valence-corrected chi connectivity index (χ3v) is 2.55. The Balaban J connectivity index is 2.13. The molecule has 0 atom stereocenters. The van der Waals surface area contributed by atoms with Crippen molar-refractivity contribution in [2.24, 2.45) is 0 Å². The largest absolute Gasteiger partial charge is 0.486 e. The number of carbonyl (C=O) groups is 1. The first-order chi connectivity index (χ1) is 9.47. The molecule has 1 N–H and O–H groups in total. The van der Waals surface area contributed by atoms with E-state index >= 15 is 0 Å². The van der Waals surface area contributed by atoms with Crippen LogP contribution in [0.5, 0.6) is 5.75 Å². The van der Waals surface area contributed by atoms with Crippen LogP contribution >= 0.6 is 0 Å². The van der Waals surface area contributed by atoms with E-state index in [0.717, 1.165) is 30.3 Å². The van der Waals surface area contributed by atoms with E-state index in [1.165, 1.54) is 6.07 Å². The normalized spacial score (nSPS) is 10.3. The van der Waals surface area contributed by atoms with Gasteiger partial charge in [0.1, 0.15) is 18.2 Å². The molecule has 0 aliphatic heterocycles. The molecule has 0 bridgehead atoms. The molecule has 6 heteroatoms. The zero-order valence-corrected chi connectivity index (χ0v) is 10.1. The molecule has 0 aliphatic rings. The molecule has 0 unspecified atom stereocenters. The summed E-state index contributed by atoms with van der Waals surface area (Å²) in [5.41, 5.74) is -0.165. The number of ether oxygens (including phenoxy) is 1. The van der Waals surface area contributed by atoms with E-state index in [-0.39, 0.29) is 12.4 Å². The van der Waals surface area contributed by atoms with Gasteiger partial charge in [-0.15, -0.1) is 0 Å². The van der Waals surface area contributed by atoms with Crippen LogP contribution in [0.2, 0.25) is 0 Å². The van der Waals surface area contributed by atoms with Crippen LogP contribution in [-0.4, -0.2) is 11.1 Å². The monoisotopic (exact) mass is 282 g/mol. The lowest BCUT2D eigenvalue weighted by Crippen LogP contribution is -2.03. The van der Waals surface area contributed by atoms with Gasteiger partial charge in [0, 0.05) is 6.07 Å². The van der Waals surface area contributed by atoms with Gasteiger partial charge in [0.15, 0.2) is 11.6 Å². The van der Waals surface area contributed by atoms with Gasteiger partial charge in [-0.2, -0.15) is 0 Å². The zero-order chi connectivity index (χ0) is 14.7. The maximum absolute atomic E-state index is 13.4. The fourth-order valence-electron chi connectivity index (χ4n) is 1.57. The summed E-state index contributed by atoms with van der Waals surface area (Å²) in [6, 6.07) is 6.13. The zero-order valence-electron chi connectivity index (χ0n) is 10.1. The Labute approximate surface area is 112 Å². The van der Waals surface area contributed by atoms with Crippen LogP contribution in [0.15, 0.2) is 36.4 Å². The fraction of sp³-hybridized carbons (Fsp3) is 0.0714. The van der Waals surface area contributed by atoms with Gasteiger partial charge in [-0.25, -0.2) is 18.0 Å². The molecule has 2 aromatic rings. The molecule has 0 aromatic heterocycles. The van der Waals surface area contributed by atoms with Crippen molar-refractivity contribution in [1.82, 2.24) is 0 Å². The first-order valence-electron chi connectivity index (χ1n) is 5.57. The molecule has 0 radical (unpaired) electrons. The van der Waals surface area contributed by atoms with Crippen molar-refractivity contribution in [2.75, 3.05) is 0 Å². The number of hydrogen-bond acceptors (Lipinski definition) is 2. The predicted molar refractivity (Wildman–Crippen MR) is 64.0 cm³/mol. The highest BCUT2D eigenvalue weighted by atomic mass is 19.1. The Morgan fingerprint density at radius 1 is 1.05 bits per heavy atom. The maximum atomic E-state index is 13.4. The smallest absolute Gasteiger partial charge is 0.338 e. The Hall–Kier alpha value is -2.50. The number of rotatable bonds is 4. The minimum Gasteiger partial charge on any atom is -0.486 e. The van der Waals surface area contributed by atoms with Crippen LogP contribution in [0.4, 0.5) is 13.2 Å². The number of carboxylic acid groups (broad SMARTS) is 1. The van der Waals surface area contributed by atoms with Crippen molar-refractivity contribution in [3.63, 3.8) is 0 Å². The van der Waals surface area contributed by atoms with E-state index in [4.69, 9.17) is 9.84 Å². The molecular formula is C14H9F3O3. The summed E-state index contributed by atoms with van der Waals surface area (Å²) in [5.74, 6) is -4.00. The molecule has 0 fully saturated rings. The summed E-state index contributed by atoms with van der Waals surface area (Å²) >= 11 is 0. The third kappa shape index (κ3) is 3.09. The van der Waals surface area contributed by atoms with Crippen LogP contribution < -0.4 is 4.74 Å². The van der Waals surface area contributed by atoms with Crippen molar-refractivity contribution in [3.8, 4) is 5.75 Å². The van der Waals surface area contributed by atoms with Crippen LogP contribution in [0.1, 0.15) is 15.9 Å². The Bertz CT molecular complexity index is 656. The number of halogens is 3. The van der Waals surface area contributed by atoms with Crippen molar-refractivity contribution >= 4 is 5.97 Å². The summed E-state index contributed by atoms with van der Waals surface area (Å²) in [5, 5.41) is 8.67. The molecule has 0 heterocycles. The van der Waals surface area contributed by atoms with Crippen molar-refractivity contribution in [1.29, 1.82) is 0 Å². The average molecular weight is 282 g/mol. The molecule has 0 saturated heterocycles. The molecule has 2 aromatic carbocycles. The average Bonchev–Trinajstić information content (AvgIpc) is 2.39. The predicted octanol–water partition coefficient (Wildman–Crippen LogP) is 3.38. The van der Waals surface area contributed by atoms with Gasteiger partial charge >= 0.3 is 5.97 Å². The summed E-state index contributed by atoms with van der Waals surface area (Å²) in [6.45, 7) is -0.211. The quantitative estimate of drug-likeness (QED) is 0.935. The van der Waals surface area contributed by atoms with Crippen molar-refractivity contribution in [2.45, 2.75) is 6.61 Å². The van der Waals surface area contributed by atoms with Crippen molar-refractivity contribution < 1.29 is 27.8 Å². The minimum absolute atomic E-state index is 0.211. The molecule has 3 nitrogen and oxygen atoms in total. The van der Waals surface area contributed by atoms with E-state index < -0.39 is 29.0 Å². The standard InChI is InChI=1S/C14H9F3O3/c15-9-2-4-11(16)13(6-9)20-7-8-1-3-10(14(18)19)12(17)5-8/h1-6H,7H2,(H,18,19). The molecule has 0 spiro atoms. The Morgan fingerprint density at radius 3 is 2.45 bits per heavy atom. The van der Waals surface area contributed by atoms with Gasteiger partial charge in [-0.3, -0.25) is 0 Å². The maximum Gasteiger partial charge on any atom is 0.338 e. The second-order valence-corrected chi connectivity index (χ2v) is 3.98. The Kier molecular flexibility index (Phi) is 3.93. The van der Waals surface area contributed by atoms with Gasteiger partial charge in [-0.05, 0) is 29.8 Å². The van der Waals surface area contributed by atoms with Gasteiger partial charge in [-0.1, -0.05) is 6.07 Å². The third-order valence-electron chi connectivity index (χ3n) is 2.55. The van der Waals surface area contributed by atoms with Gasteiger partial charge in [0.05, 0.1) is 5.56 Å². The van der Waals surface area contributed by atoms with Crippen LogP contribution in [0.3, 0.4) is 0 Å². The van der Waals surface area contributed by atoms with Gasteiger partial charge < -0.3 is 9.84 Å². The van der Waals surface area contributed by atoms with Gasteiger partial charge in [0.2, 0.25) is 0 Å². The molecule has 2 rings (SSSR count). The highest BCUT2D eigenvalue weighted by Crippen LogP contribution is 2.20. The number of aromatic carboxylic acids is 1. The molecule has 104 valence electrons. The molecule has 20 heavy (non-hydrogen) atoms. The highest BCUT2D eigenvalue weighted by Gasteiger charge is 2.11. The Morgan fingerprint density at radius 2 is 1.80 bits per heavy atom. The summed E-state index contributed by atoms with van der Waals surface area (Å²) < 4.78 is 44.6. The number of hydrogen-bond donors (Lipinski definition) is 1. The lowest BCUT2D eigenvalue weighted by molar-refractivity contribution is 0.0692. The molecular weight excluding hydrogens is 273 g/mol. The van der Waals surface area contributed by atoms with Crippen LogP contribution in [0.25, 0.3) is 0 Å². The van der Waals surface area contributed by atoms with E-state index in [1.807, 2.05) is 0 Å². The summed E-state index contributed by atoms with van der Waals surface area (Å²) in [6.07, 6.45) is 0. The topological polar surface area (TPSA) is 46.5 Å². The number of carboxylic acids is 1. The lowest BCUT2D eigenvalue weighted by atomic mass is 10.1. The van der Waals surface area contributed by atoms with Crippen LogP contribution in [-0.2, 0) is 6.61 Å². The van der Waals surface area contributed by atoms with E-state index in [0.29, 0.717) is 5.56 Å².